The predicted octanol–water partition coefficient (Wildman–Crippen LogP) is 3.96. The summed E-state index contributed by atoms with van der Waals surface area (Å²) in [5.41, 5.74) is 5.57. The second-order valence-electron chi connectivity index (χ2n) is 4.48. The summed E-state index contributed by atoms with van der Waals surface area (Å²) in [6.07, 6.45) is -2.96. The third-order valence-electron chi connectivity index (χ3n) is 2.90. The SMILES string of the molecule is CC(C)c1cnc(N)c2cccc(C(F)(F)F)c12. The van der Waals surface area contributed by atoms with Crippen LogP contribution in [0.5, 0.6) is 0 Å². The van der Waals surface area contributed by atoms with Gasteiger partial charge in [-0.2, -0.15) is 13.2 Å². The summed E-state index contributed by atoms with van der Waals surface area (Å²) in [5.74, 6) is 0.0737. The van der Waals surface area contributed by atoms with Crippen LogP contribution in [-0.2, 0) is 6.18 Å². The normalized spacial score (nSPS) is 12.3. The number of rotatable bonds is 1. The summed E-state index contributed by atoms with van der Waals surface area (Å²) in [7, 11) is 0. The van der Waals surface area contributed by atoms with Crippen LogP contribution >= 0.6 is 0 Å². The van der Waals surface area contributed by atoms with E-state index >= 15 is 0 Å². The highest BCUT2D eigenvalue weighted by Gasteiger charge is 2.33. The van der Waals surface area contributed by atoms with E-state index in [4.69, 9.17) is 5.73 Å². The number of benzene rings is 1. The Morgan fingerprint density at radius 2 is 1.89 bits per heavy atom. The molecule has 0 saturated heterocycles. The number of alkyl halides is 3. The number of aromatic nitrogens is 1. The van der Waals surface area contributed by atoms with Gasteiger partial charge in [-0.1, -0.05) is 26.0 Å². The Morgan fingerprint density at radius 1 is 1.22 bits per heavy atom. The molecular formula is C13H13F3N2. The highest BCUT2D eigenvalue weighted by atomic mass is 19.4. The number of nitrogens with two attached hydrogens (primary N) is 1. The zero-order valence-electron chi connectivity index (χ0n) is 10.0. The zero-order valence-corrected chi connectivity index (χ0v) is 10.0. The maximum absolute atomic E-state index is 13.0. The predicted molar refractivity (Wildman–Crippen MR) is 65.2 cm³/mol. The molecule has 5 heteroatoms. The standard InChI is InChI=1S/C13H13F3N2/c1-7(2)9-6-18-12(17)8-4-3-5-10(11(8)9)13(14,15)16/h3-7H,1-2H3,(H2,17,18). The van der Waals surface area contributed by atoms with Gasteiger partial charge < -0.3 is 5.73 Å². The van der Waals surface area contributed by atoms with Crippen molar-refractivity contribution in [1.82, 2.24) is 4.98 Å². The number of hydrogen-bond acceptors (Lipinski definition) is 2. The average Bonchev–Trinajstić information content (AvgIpc) is 2.27. The van der Waals surface area contributed by atoms with Gasteiger partial charge in [0, 0.05) is 17.0 Å². The molecule has 2 nitrogen and oxygen atoms in total. The van der Waals surface area contributed by atoms with Crippen LogP contribution in [0.4, 0.5) is 19.0 Å². The van der Waals surface area contributed by atoms with E-state index in [0.29, 0.717) is 10.9 Å². The van der Waals surface area contributed by atoms with E-state index in [0.717, 1.165) is 6.07 Å². The van der Waals surface area contributed by atoms with E-state index in [9.17, 15) is 13.2 Å². The van der Waals surface area contributed by atoms with E-state index < -0.39 is 11.7 Å². The smallest absolute Gasteiger partial charge is 0.383 e. The van der Waals surface area contributed by atoms with Gasteiger partial charge in [0.05, 0.1) is 5.56 Å². The molecule has 2 aromatic rings. The quantitative estimate of drug-likeness (QED) is 0.836. The molecule has 0 spiro atoms. The molecule has 0 amide bonds. The molecule has 0 saturated carbocycles. The van der Waals surface area contributed by atoms with Gasteiger partial charge in [-0.05, 0) is 17.5 Å². The van der Waals surface area contributed by atoms with E-state index in [1.54, 1.807) is 6.07 Å². The van der Waals surface area contributed by atoms with Crippen molar-refractivity contribution in [1.29, 1.82) is 0 Å². The molecule has 0 bridgehead atoms. The summed E-state index contributed by atoms with van der Waals surface area (Å²) in [6, 6.07) is 4.00. The number of nitrogens with zero attached hydrogens (tertiary/aromatic N) is 1. The minimum Gasteiger partial charge on any atom is -0.383 e. The van der Waals surface area contributed by atoms with Crippen molar-refractivity contribution >= 4 is 16.6 Å². The lowest BCUT2D eigenvalue weighted by atomic mass is 9.94. The van der Waals surface area contributed by atoms with Gasteiger partial charge in [0.1, 0.15) is 5.82 Å². The molecule has 2 N–H and O–H groups in total. The first kappa shape index (κ1) is 12.7. The van der Waals surface area contributed by atoms with Crippen LogP contribution in [0.1, 0.15) is 30.9 Å². The molecule has 96 valence electrons. The molecule has 0 aliphatic rings. The number of hydrogen-bond donors (Lipinski definition) is 1. The summed E-state index contributed by atoms with van der Waals surface area (Å²) in [6.45, 7) is 3.67. The third-order valence-corrected chi connectivity index (χ3v) is 2.90. The molecule has 0 aliphatic carbocycles. The Labute approximate surface area is 103 Å². The number of anilines is 1. The van der Waals surface area contributed by atoms with Crippen molar-refractivity contribution in [3.05, 3.63) is 35.5 Å². The Balaban J connectivity index is 2.93. The molecule has 0 aliphatic heterocycles. The van der Waals surface area contributed by atoms with E-state index in [1.165, 1.54) is 12.3 Å². The molecule has 1 aromatic heterocycles. The van der Waals surface area contributed by atoms with Gasteiger partial charge in [0.15, 0.2) is 0 Å². The number of pyridine rings is 1. The number of fused-ring (bicyclic) bond motifs is 1. The third kappa shape index (κ3) is 2.00. The lowest BCUT2D eigenvalue weighted by Gasteiger charge is -2.16. The molecule has 2 rings (SSSR count). The lowest BCUT2D eigenvalue weighted by molar-refractivity contribution is -0.136. The van der Waals surface area contributed by atoms with Crippen molar-refractivity contribution in [2.45, 2.75) is 25.9 Å². The Kier molecular flexibility index (Phi) is 2.92. The topological polar surface area (TPSA) is 38.9 Å². The van der Waals surface area contributed by atoms with E-state index in [2.05, 4.69) is 4.98 Å². The lowest BCUT2D eigenvalue weighted by Crippen LogP contribution is -2.08. The van der Waals surface area contributed by atoms with Crippen LogP contribution in [0.15, 0.2) is 24.4 Å². The van der Waals surface area contributed by atoms with Crippen molar-refractivity contribution in [3.63, 3.8) is 0 Å². The minimum absolute atomic E-state index is 0.0518. The molecule has 0 fully saturated rings. The first-order chi connectivity index (χ1) is 8.32. The highest BCUT2D eigenvalue weighted by molar-refractivity contribution is 5.96. The second kappa shape index (κ2) is 4.15. The zero-order chi connectivity index (χ0) is 13.5. The van der Waals surface area contributed by atoms with Gasteiger partial charge in [-0.25, -0.2) is 4.98 Å². The fourth-order valence-electron chi connectivity index (χ4n) is 2.02. The van der Waals surface area contributed by atoms with E-state index in [1.807, 2.05) is 13.8 Å². The van der Waals surface area contributed by atoms with Crippen LogP contribution in [0.25, 0.3) is 10.8 Å². The number of halogens is 3. The monoisotopic (exact) mass is 254 g/mol. The summed E-state index contributed by atoms with van der Waals surface area (Å²) < 4.78 is 39.1. The molecule has 18 heavy (non-hydrogen) atoms. The van der Waals surface area contributed by atoms with Crippen LogP contribution < -0.4 is 5.73 Å². The van der Waals surface area contributed by atoms with Crippen LogP contribution in [0.3, 0.4) is 0 Å². The van der Waals surface area contributed by atoms with Crippen LogP contribution in [0.2, 0.25) is 0 Å². The molecule has 0 unspecified atom stereocenters. The molecule has 1 aromatic carbocycles. The van der Waals surface area contributed by atoms with Gasteiger partial charge >= 0.3 is 6.18 Å². The Hall–Kier alpha value is -1.78. The van der Waals surface area contributed by atoms with Crippen molar-refractivity contribution in [3.8, 4) is 0 Å². The minimum atomic E-state index is -4.39. The fourth-order valence-corrected chi connectivity index (χ4v) is 2.02. The Bertz CT molecular complexity index is 589. The summed E-state index contributed by atoms with van der Waals surface area (Å²) in [5, 5.41) is 0.517. The van der Waals surface area contributed by atoms with Gasteiger partial charge in [-0.15, -0.1) is 0 Å². The fraction of sp³-hybridized carbons (Fsp3) is 0.308. The largest absolute Gasteiger partial charge is 0.417 e. The molecule has 1 heterocycles. The molecular weight excluding hydrogens is 241 g/mol. The van der Waals surface area contributed by atoms with E-state index in [-0.39, 0.29) is 17.1 Å². The maximum Gasteiger partial charge on any atom is 0.417 e. The van der Waals surface area contributed by atoms with Gasteiger partial charge in [0.25, 0.3) is 0 Å². The molecule has 0 atom stereocenters. The highest BCUT2D eigenvalue weighted by Crippen LogP contribution is 2.39. The summed E-state index contributed by atoms with van der Waals surface area (Å²) in [4.78, 5) is 3.96. The molecule has 0 radical (unpaired) electrons. The Morgan fingerprint density at radius 3 is 2.44 bits per heavy atom. The van der Waals surface area contributed by atoms with Crippen molar-refractivity contribution < 1.29 is 13.2 Å². The van der Waals surface area contributed by atoms with Crippen molar-refractivity contribution in [2.75, 3.05) is 5.73 Å². The summed E-state index contributed by atoms with van der Waals surface area (Å²) >= 11 is 0. The first-order valence-corrected chi connectivity index (χ1v) is 5.56. The van der Waals surface area contributed by atoms with Crippen LogP contribution in [-0.4, -0.2) is 4.98 Å². The maximum atomic E-state index is 13.0. The van der Waals surface area contributed by atoms with Crippen LogP contribution in [0, 0.1) is 0 Å². The van der Waals surface area contributed by atoms with Gasteiger partial charge in [-0.3, -0.25) is 0 Å². The van der Waals surface area contributed by atoms with Crippen molar-refractivity contribution in [2.24, 2.45) is 0 Å². The average molecular weight is 254 g/mol. The first-order valence-electron chi connectivity index (χ1n) is 5.56. The number of nitrogen functional groups attached to an aromatic ring is 1. The second-order valence-corrected chi connectivity index (χ2v) is 4.48. The van der Waals surface area contributed by atoms with Gasteiger partial charge in [0.2, 0.25) is 0 Å².